The minimum atomic E-state index is -0.494. The summed E-state index contributed by atoms with van der Waals surface area (Å²) < 4.78 is 11.0. The van der Waals surface area contributed by atoms with Crippen LogP contribution < -0.4 is 20.2 Å². The van der Waals surface area contributed by atoms with E-state index in [-0.39, 0.29) is 0 Å². The molecule has 0 aliphatic rings. The van der Waals surface area contributed by atoms with Gasteiger partial charge in [0.05, 0.1) is 18.4 Å². The summed E-state index contributed by atoms with van der Waals surface area (Å²) in [4.78, 5) is 12.3. The number of thiocarbonyl (C=S) groups is 1. The number of hydrogen-bond donors (Lipinski definition) is 2. The molecule has 0 spiro atoms. The van der Waals surface area contributed by atoms with Gasteiger partial charge in [-0.15, -0.1) is 0 Å². The molecule has 0 bridgehead atoms. The van der Waals surface area contributed by atoms with E-state index >= 15 is 0 Å². The molecule has 2 aromatic rings. The first-order valence-electron chi connectivity index (χ1n) is 8.35. The van der Waals surface area contributed by atoms with Gasteiger partial charge in [-0.2, -0.15) is 5.10 Å². The van der Waals surface area contributed by atoms with E-state index in [2.05, 4.69) is 15.8 Å². The van der Waals surface area contributed by atoms with Crippen LogP contribution >= 0.6 is 23.8 Å². The van der Waals surface area contributed by atoms with Gasteiger partial charge in [0.1, 0.15) is 0 Å². The van der Waals surface area contributed by atoms with E-state index in [1.165, 1.54) is 0 Å². The maximum atomic E-state index is 12.3. The molecule has 6 nitrogen and oxygen atoms in total. The molecule has 2 N–H and O–H groups in total. The lowest BCUT2D eigenvalue weighted by molar-refractivity contribution is 0.0728. The van der Waals surface area contributed by atoms with Crippen molar-refractivity contribution in [3.05, 3.63) is 58.6 Å². The van der Waals surface area contributed by atoms with Crippen molar-refractivity contribution < 1.29 is 14.3 Å². The zero-order valence-electron chi connectivity index (χ0n) is 15.0. The van der Waals surface area contributed by atoms with Crippen LogP contribution in [0.4, 0.5) is 0 Å². The third-order valence-corrected chi connectivity index (χ3v) is 3.75. The van der Waals surface area contributed by atoms with Gasteiger partial charge < -0.3 is 14.8 Å². The second-order valence-electron chi connectivity index (χ2n) is 5.27. The number of esters is 1. The Bertz CT molecular complexity index is 825. The van der Waals surface area contributed by atoms with Crippen LogP contribution in [0.5, 0.6) is 11.5 Å². The van der Waals surface area contributed by atoms with E-state index in [4.69, 9.17) is 33.3 Å². The molecular weight excluding hydrogens is 386 g/mol. The molecule has 8 heteroatoms. The number of benzene rings is 2. The van der Waals surface area contributed by atoms with E-state index < -0.39 is 5.97 Å². The molecule has 0 atom stereocenters. The monoisotopic (exact) mass is 405 g/mol. The third-order valence-electron chi connectivity index (χ3n) is 3.27. The van der Waals surface area contributed by atoms with Gasteiger partial charge >= 0.3 is 5.97 Å². The van der Waals surface area contributed by atoms with Crippen LogP contribution in [0.15, 0.2) is 47.6 Å². The van der Waals surface area contributed by atoms with Gasteiger partial charge in [0.15, 0.2) is 16.6 Å². The van der Waals surface area contributed by atoms with Crippen molar-refractivity contribution >= 4 is 41.1 Å². The van der Waals surface area contributed by atoms with E-state index in [0.717, 1.165) is 5.56 Å². The Labute approximate surface area is 168 Å². The van der Waals surface area contributed by atoms with Gasteiger partial charge in [0.2, 0.25) is 0 Å². The highest BCUT2D eigenvalue weighted by atomic mass is 35.5. The highest BCUT2D eigenvalue weighted by Gasteiger charge is 2.13. The summed E-state index contributed by atoms with van der Waals surface area (Å²) in [5.41, 5.74) is 3.87. The van der Waals surface area contributed by atoms with Gasteiger partial charge in [0, 0.05) is 11.6 Å². The quantitative estimate of drug-likeness (QED) is 0.240. The number of halogens is 1. The summed E-state index contributed by atoms with van der Waals surface area (Å²) in [6.45, 7) is 4.93. The zero-order valence-corrected chi connectivity index (χ0v) is 16.6. The number of hydrogen-bond acceptors (Lipinski definition) is 5. The van der Waals surface area contributed by atoms with E-state index in [9.17, 15) is 4.79 Å². The average Bonchev–Trinajstić information content (AvgIpc) is 2.64. The lowest BCUT2D eigenvalue weighted by Crippen LogP contribution is -2.31. The van der Waals surface area contributed by atoms with Crippen molar-refractivity contribution in [2.75, 3.05) is 13.2 Å². The van der Waals surface area contributed by atoms with Crippen LogP contribution in [-0.4, -0.2) is 30.4 Å². The van der Waals surface area contributed by atoms with Gasteiger partial charge in [-0.3, -0.25) is 5.43 Å². The number of nitrogens with zero attached hydrogens (tertiary/aromatic N) is 1. The molecule has 2 aromatic carbocycles. The summed E-state index contributed by atoms with van der Waals surface area (Å²) in [6, 6.07) is 11.6. The summed E-state index contributed by atoms with van der Waals surface area (Å²) in [5.74, 6) is 0.273. The molecule has 0 fully saturated rings. The van der Waals surface area contributed by atoms with Gasteiger partial charge in [-0.1, -0.05) is 11.6 Å². The predicted octanol–water partition coefficient (Wildman–Crippen LogP) is 3.78. The predicted molar refractivity (Wildman–Crippen MR) is 111 cm³/mol. The molecule has 0 unspecified atom stereocenters. The normalized spacial score (nSPS) is 10.5. The SMILES string of the molecule is CCNC(=S)N/N=C\c1ccc(OC(=O)c2ccc(Cl)cc2)c(OCC)c1. The lowest BCUT2D eigenvalue weighted by Gasteiger charge is -2.11. The Morgan fingerprint density at radius 2 is 1.93 bits per heavy atom. The fourth-order valence-electron chi connectivity index (χ4n) is 2.07. The fourth-order valence-corrected chi connectivity index (χ4v) is 2.39. The van der Waals surface area contributed by atoms with Crippen LogP contribution in [0, 0.1) is 0 Å². The van der Waals surface area contributed by atoms with Crippen LogP contribution in [0.1, 0.15) is 29.8 Å². The maximum absolute atomic E-state index is 12.3. The second-order valence-corrected chi connectivity index (χ2v) is 6.11. The number of ether oxygens (including phenoxy) is 2. The summed E-state index contributed by atoms with van der Waals surface area (Å²) >= 11 is 10.9. The Balaban J connectivity index is 2.12. The highest BCUT2D eigenvalue weighted by Crippen LogP contribution is 2.29. The molecule has 2 rings (SSSR count). The zero-order chi connectivity index (χ0) is 19.6. The number of rotatable bonds is 7. The fraction of sp³-hybridized carbons (Fsp3) is 0.211. The average molecular weight is 406 g/mol. The largest absolute Gasteiger partial charge is 0.490 e. The third kappa shape index (κ3) is 6.54. The molecule has 0 saturated carbocycles. The molecule has 27 heavy (non-hydrogen) atoms. The van der Waals surface area contributed by atoms with Crippen molar-refractivity contribution in [3.63, 3.8) is 0 Å². The van der Waals surface area contributed by atoms with Crippen LogP contribution in [0.3, 0.4) is 0 Å². The summed E-state index contributed by atoms with van der Waals surface area (Å²) in [7, 11) is 0. The minimum Gasteiger partial charge on any atom is -0.490 e. The smallest absolute Gasteiger partial charge is 0.343 e. The Kier molecular flexibility index (Phi) is 8.03. The Morgan fingerprint density at radius 1 is 1.19 bits per heavy atom. The van der Waals surface area contributed by atoms with Crippen molar-refractivity contribution in [1.82, 2.24) is 10.7 Å². The van der Waals surface area contributed by atoms with Gasteiger partial charge in [0.25, 0.3) is 0 Å². The van der Waals surface area contributed by atoms with Crippen LogP contribution in [0.25, 0.3) is 0 Å². The van der Waals surface area contributed by atoms with Crippen LogP contribution in [0.2, 0.25) is 5.02 Å². The minimum absolute atomic E-state index is 0.324. The maximum Gasteiger partial charge on any atom is 0.343 e. The van der Waals surface area contributed by atoms with Gasteiger partial charge in [-0.05, 0) is 74.1 Å². The van der Waals surface area contributed by atoms with E-state index in [1.54, 1.807) is 48.7 Å². The first-order chi connectivity index (χ1) is 13.0. The molecule has 0 aromatic heterocycles. The number of carbonyl (C=O) groups is 1. The first-order valence-corrected chi connectivity index (χ1v) is 9.13. The Hall–Kier alpha value is -2.64. The van der Waals surface area contributed by atoms with Crippen LogP contribution in [-0.2, 0) is 0 Å². The standard InChI is InChI=1S/C19H20ClN3O3S/c1-3-21-19(27)23-22-12-13-5-10-16(17(11-13)25-4-2)26-18(24)14-6-8-15(20)9-7-14/h5-12H,3-4H2,1-2H3,(H2,21,23,27)/b22-12-. The second kappa shape index (κ2) is 10.5. The molecule has 0 saturated heterocycles. The van der Waals surface area contributed by atoms with E-state index in [1.807, 2.05) is 13.8 Å². The van der Waals surface area contributed by atoms with Crippen molar-refractivity contribution in [2.45, 2.75) is 13.8 Å². The molecule has 0 heterocycles. The topological polar surface area (TPSA) is 72.0 Å². The molecule has 0 aliphatic carbocycles. The molecule has 0 aliphatic heterocycles. The van der Waals surface area contributed by atoms with E-state index in [0.29, 0.717) is 40.3 Å². The number of hydrazone groups is 1. The summed E-state index contributed by atoms with van der Waals surface area (Å²) in [6.07, 6.45) is 1.59. The number of carbonyl (C=O) groups excluding carboxylic acids is 1. The molecular formula is C19H20ClN3O3S. The van der Waals surface area contributed by atoms with Gasteiger partial charge in [-0.25, -0.2) is 4.79 Å². The highest BCUT2D eigenvalue weighted by molar-refractivity contribution is 7.80. The number of nitrogens with one attached hydrogen (secondary N) is 2. The lowest BCUT2D eigenvalue weighted by atomic mass is 10.2. The Morgan fingerprint density at radius 3 is 2.59 bits per heavy atom. The molecule has 142 valence electrons. The van der Waals surface area contributed by atoms with Crippen molar-refractivity contribution in [3.8, 4) is 11.5 Å². The molecule has 0 radical (unpaired) electrons. The molecule has 0 amide bonds. The van der Waals surface area contributed by atoms with Crippen molar-refractivity contribution in [2.24, 2.45) is 5.10 Å². The summed E-state index contributed by atoms with van der Waals surface area (Å²) in [5, 5.41) is 7.97. The van der Waals surface area contributed by atoms with Crippen molar-refractivity contribution in [1.29, 1.82) is 0 Å². The first kappa shape index (κ1) is 20.7.